The molecule has 2 aliphatic heterocycles. The molecule has 0 saturated carbocycles. The molecular formula is C12H25N3O. The van der Waals surface area contributed by atoms with Gasteiger partial charge in [0.05, 0.1) is 0 Å². The molecule has 1 atom stereocenters. The summed E-state index contributed by atoms with van der Waals surface area (Å²) in [5, 5.41) is 0. The van der Waals surface area contributed by atoms with Gasteiger partial charge in [0, 0.05) is 58.0 Å². The predicted molar refractivity (Wildman–Crippen MR) is 65.5 cm³/mol. The largest absolute Gasteiger partial charge is 0.381 e. The van der Waals surface area contributed by atoms with Gasteiger partial charge in [0.1, 0.15) is 0 Å². The Labute approximate surface area is 98.7 Å². The van der Waals surface area contributed by atoms with Crippen molar-refractivity contribution in [3.05, 3.63) is 0 Å². The van der Waals surface area contributed by atoms with Crippen LogP contribution >= 0.6 is 0 Å². The fourth-order valence-corrected chi connectivity index (χ4v) is 2.74. The number of nitrogens with zero attached hydrogens (tertiary/aromatic N) is 2. The summed E-state index contributed by atoms with van der Waals surface area (Å²) >= 11 is 0. The van der Waals surface area contributed by atoms with Gasteiger partial charge in [0.25, 0.3) is 0 Å². The maximum absolute atomic E-state index is 5.71. The molecule has 0 amide bonds. The first-order chi connectivity index (χ1) is 7.81. The molecule has 2 aliphatic rings. The van der Waals surface area contributed by atoms with Crippen LogP contribution in [0.25, 0.3) is 0 Å². The zero-order valence-electron chi connectivity index (χ0n) is 10.4. The number of nitrogens with two attached hydrogens (primary N) is 1. The van der Waals surface area contributed by atoms with E-state index in [-0.39, 0.29) is 0 Å². The highest BCUT2D eigenvalue weighted by molar-refractivity contribution is 4.82. The van der Waals surface area contributed by atoms with Crippen LogP contribution in [0.5, 0.6) is 0 Å². The fraction of sp³-hybridized carbons (Fsp3) is 1.00. The molecule has 2 saturated heterocycles. The third-order valence-corrected chi connectivity index (χ3v) is 4.02. The van der Waals surface area contributed by atoms with Crippen LogP contribution in [0.15, 0.2) is 0 Å². The third-order valence-electron chi connectivity index (χ3n) is 4.02. The topological polar surface area (TPSA) is 41.7 Å². The van der Waals surface area contributed by atoms with Crippen LogP contribution in [0.2, 0.25) is 0 Å². The van der Waals surface area contributed by atoms with Crippen molar-refractivity contribution < 1.29 is 4.74 Å². The van der Waals surface area contributed by atoms with Crippen LogP contribution in [0.1, 0.15) is 19.8 Å². The summed E-state index contributed by atoms with van der Waals surface area (Å²) in [5.74, 6) is 0. The summed E-state index contributed by atoms with van der Waals surface area (Å²) in [6.45, 7) is 9.66. The summed E-state index contributed by atoms with van der Waals surface area (Å²) in [5.41, 5.74) is 5.71. The van der Waals surface area contributed by atoms with Gasteiger partial charge >= 0.3 is 0 Å². The lowest BCUT2D eigenvalue weighted by molar-refractivity contribution is 0.00840. The predicted octanol–water partition coefficient (Wildman–Crippen LogP) is 0.130. The highest BCUT2D eigenvalue weighted by Crippen LogP contribution is 2.17. The zero-order chi connectivity index (χ0) is 11.4. The molecule has 4 nitrogen and oxygen atoms in total. The SMILES string of the molecule is CC(CN)N1CCN(C2CCOCC2)CC1. The molecule has 0 aromatic rings. The normalized spacial score (nSPS) is 28.1. The van der Waals surface area contributed by atoms with Gasteiger partial charge in [-0.3, -0.25) is 9.80 Å². The number of ether oxygens (including phenoxy) is 1. The average Bonchev–Trinajstić information content (AvgIpc) is 2.39. The molecule has 2 rings (SSSR count). The van der Waals surface area contributed by atoms with E-state index in [0.29, 0.717) is 6.04 Å². The Kier molecular flexibility index (Phi) is 4.58. The van der Waals surface area contributed by atoms with E-state index in [4.69, 9.17) is 10.5 Å². The quantitative estimate of drug-likeness (QED) is 0.744. The third kappa shape index (κ3) is 2.94. The molecule has 2 heterocycles. The van der Waals surface area contributed by atoms with E-state index < -0.39 is 0 Å². The van der Waals surface area contributed by atoms with E-state index in [2.05, 4.69) is 16.7 Å². The van der Waals surface area contributed by atoms with E-state index in [0.717, 1.165) is 25.8 Å². The molecule has 0 aromatic heterocycles. The van der Waals surface area contributed by atoms with Crippen molar-refractivity contribution in [3.63, 3.8) is 0 Å². The summed E-state index contributed by atoms with van der Waals surface area (Å²) < 4.78 is 5.41. The molecule has 94 valence electrons. The number of piperazine rings is 1. The minimum Gasteiger partial charge on any atom is -0.381 e. The molecule has 0 aromatic carbocycles. The summed E-state index contributed by atoms with van der Waals surface area (Å²) in [6, 6.07) is 1.31. The number of rotatable bonds is 3. The molecule has 0 radical (unpaired) electrons. The van der Waals surface area contributed by atoms with E-state index >= 15 is 0 Å². The van der Waals surface area contributed by atoms with Gasteiger partial charge < -0.3 is 10.5 Å². The standard InChI is InChI=1S/C12H25N3O/c1-11(10-13)14-4-6-15(7-5-14)12-2-8-16-9-3-12/h11-12H,2-10,13H2,1H3. The smallest absolute Gasteiger partial charge is 0.0480 e. The van der Waals surface area contributed by atoms with Crippen LogP contribution in [-0.4, -0.2) is 67.8 Å². The van der Waals surface area contributed by atoms with Gasteiger partial charge in [-0.15, -0.1) is 0 Å². The van der Waals surface area contributed by atoms with E-state index in [9.17, 15) is 0 Å². The maximum Gasteiger partial charge on any atom is 0.0480 e. The second-order valence-electron chi connectivity index (χ2n) is 5.00. The van der Waals surface area contributed by atoms with Crippen molar-refractivity contribution in [2.75, 3.05) is 45.9 Å². The average molecular weight is 227 g/mol. The highest BCUT2D eigenvalue weighted by Gasteiger charge is 2.26. The Morgan fingerprint density at radius 3 is 2.38 bits per heavy atom. The molecule has 0 aliphatic carbocycles. The number of hydrogen-bond acceptors (Lipinski definition) is 4. The zero-order valence-corrected chi connectivity index (χ0v) is 10.4. The first-order valence-electron chi connectivity index (χ1n) is 6.57. The van der Waals surface area contributed by atoms with Crippen molar-refractivity contribution >= 4 is 0 Å². The second-order valence-corrected chi connectivity index (χ2v) is 5.00. The van der Waals surface area contributed by atoms with Gasteiger partial charge in [0.2, 0.25) is 0 Å². The van der Waals surface area contributed by atoms with Gasteiger partial charge in [-0.25, -0.2) is 0 Å². The summed E-state index contributed by atoms with van der Waals surface area (Å²) in [7, 11) is 0. The van der Waals surface area contributed by atoms with E-state index in [1.54, 1.807) is 0 Å². The van der Waals surface area contributed by atoms with Gasteiger partial charge in [-0.05, 0) is 19.8 Å². The first kappa shape index (κ1) is 12.3. The Bertz CT molecular complexity index is 198. The lowest BCUT2D eigenvalue weighted by Crippen LogP contribution is -2.54. The molecule has 0 bridgehead atoms. The van der Waals surface area contributed by atoms with Crippen molar-refractivity contribution in [2.24, 2.45) is 5.73 Å². The monoisotopic (exact) mass is 227 g/mol. The second kappa shape index (κ2) is 5.96. The van der Waals surface area contributed by atoms with Crippen LogP contribution < -0.4 is 5.73 Å². The van der Waals surface area contributed by atoms with Crippen LogP contribution in [0.4, 0.5) is 0 Å². The maximum atomic E-state index is 5.71. The lowest BCUT2D eigenvalue weighted by atomic mass is 10.1. The summed E-state index contributed by atoms with van der Waals surface area (Å²) in [6.07, 6.45) is 2.43. The van der Waals surface area contributed by atoms with Gasteiger partial charge in [-0.2, -0.15) is 0 Å². The Balaban J connectivity index is 1.75. The molecule has 2 fully saturated rings. The lowest BCUT2D eigenvalue weighted by Gasteiger charge is -2.42. The Morgan fingerprint density at radius 2 is 1.81 bits per heavy atom. The highest BCUT2D eigenvalue weighted by atomic mass is 16.5. The van der Waals surface area contributed by atoms with Crippen LogP contribution in [0, 0.1) is 0 Å². The number of hydrogen-bond donors (Lipinski definition) is 1. The minimum absolute atomic E-state index is 0.539. The van der Waals surface area contributed by atoms with E-state index in [1.807, 2.05) is 0 Å². The van der Waals surface area contributed by atoms with Crippen LogP contribution in [0.3, 0.4) is 0 Å². The molecule has 1 unspecified atom stereocenters. The van der Waals surface area contributed by atoms with Crippen molar-refractivity contribution in [3.8, 4) is 0 Å². The molecule has 16 heavy (non-hydrogen) atoms. The van der Waals surface area contributed by atoms with Gasteiger partial charge in [0.15, 0.2) is 0 Å². The Morgan fingerprint density at radius 1 is 1.19 bits per heavy atom. The van der Waals surface area contributed by atoms with Crippen molar-refractivity contribution in [1.82, 2.24) is 9.80 Å². The first-order valence-corrected chi connectivity index (χ1v) is 6.57. The van der Waals surface area contributed by atoms with Crippen LogP contribution in [-0.2, 0) is 4.74 Å². The van der Waals surface area contributed by atoms with E-state index in [1.165, 1.54) is 39.0 Å². The van der Waals surface area contributed by atoms with Crippen molar-refractivity contribution in [1.29, 1.82) is 0 Å². The van der Waals surface area contributed by atoms with Gasteiger partial charge in [-0.1, -0.05) is 0 Å². The fourth-order valence-electron chi connectivity index (χ4n) is 2.74. The molecule has 0 spiro atoms. The summed E-state index contributed by atoms with van der Waals surface area (Å²) in [4.78, 5) is 5.15. The van der Waals surface area contributed by atoms with Crippen molar-refractivity contribution in [2.45, 2.75) is 31.8 Å². The molecular weight excluding hydrogens is 202 g/mol. The molecule has 4 heteroatoms. The molecule has 2 N–H and O–H groups in total. The minimum atomic E-state index is 0.539. The Hall–Kier alpha value is -0.160.